The van der Waals surface area contributed by atoms with E-state index in [1.54, 1.807) is 0 Å². The van der Waals surface area contributed by atoms with E-state index in [0.29, 0.717) is 6.04 Å². The van der Waals surface area contributed by atoms with E-state index in [9.17, 15) is 0 Å². The van der Waals surface area contributed by atoms with E-state index in [1.165, 1.54) is 58.0 Å². The average molecular weight is 240 g/mol. The first kappa shape index (κ1) is 15.0. The van der Waals surface area contributed by atoms with Crippen molar-refractivity contribution in [2.45, 2.75) is 64.8 Å². The van der Waals surface area contributed by atoms with Crippen molar-refractivity contribution in [1.82, 2.24) is 10.2 Å². The normalized spacial score (nSPS) is 19.8. The first-order chi connectivity index (χ1) is 8.22. The minimum Gasteiger partial charge on any atom is -0.314 e. The lowest BCUT2D eigenvalue weighted by molar-refractivity contribution is 0.226. The molecule has 0 heterocycles. The molecule has 2 nitrogen and oxygen atoms in total. The van der Waals surface area contributed by atoms with Crippen molar-refractivity contribution in [3.8, 4) is 0 Å². The largest absolute Gasteiger partial charge is 0.314 e. The van der Waals surface area contributed by atoms with Crippen LogP contribution in [-0.4, -0.2) is 37.6 Å². The van der Waals surface area contributed by atoms with E-state index in [-0.39, 0.29) is 0 Å². The van der Waals surface area contributed by atoms with Crippen molar-refractivity contribution in [1.29, 1.82) is 0 Å². The summed E-state index contributed by atoms with van der Waals surface area (Å²) in [6.45, 7) is 8.27. The van der Waals surface area contributed by atoms with Crippen LogP contribution in [0.3, 0.4) is 0 Å². The summed E-state index contributed by atoms with van der Waals surface area (Å²) in [6, 6.07) is 0.670. The fraction of sp³-hybridized carbons (Fsp3) is 1.00. The first-order valence-corrected chi connectivity index (χ1v) is 7.64. The monoisotopic (exact) mass is 240 g/mol. The zero-order valence-electron chi connectivity index (χ0n) is 12.2. The summed E-state index contributed by atoms with van der Waals surface area (Å²) in [7, 11) is 2.29. The quantitative estimate of drug-likeness (QED) is 0.700. The van der Waals surface area contributed by atoms with Gasteiger partial charge in [-0.05, 0) is 58.7 Å². The second-order valence-electron chi connectivity index (χ2n) is 5.91. The van der Waals surface area contributed by atoms with Crippen LogP contribution in [0.4, 0.5) is 0 Å². The molecule has 1 unspecified atom stereocenters. The maximum absolute atomic E-state index is 3.56. The summed E-state index contributed by atoms with van der Waals surface area (Å²) in [6.07, 6.45) is 9.85. The van der Waals surface area contributed by atoms with Crippen molar-refractivity contribution >= 4 is 0 Å². The van der Waals surface area contributed by atoms with Gasteiger partial charge in [0.1, 0.15) is 0 Å². The van der Waals surface area contributed by atoms with Gasteiger partial charge in [0.15, 0.2) is 0 Å². The van der Waals surface area contributed by atoms with Gasteiger partial charge in [-0.1, -0.05) is 26.2 Å². The molecule has 0 saturated heterocycles. The Morgan fingerprint density at radius 2 is 1.94 bits per heavy atom. The molecular formula is C15H32N2. The van der Waals surface area contributed by atoms with Gasteiger partial charge in [0.05, 0.1) is 0 Å². The first-order valence-electron chi connectivity index (χ1n) is 7.64. The molecule has 0 spiro atoms. The highest BCUT2D eigenvalue weighted by Gasteiger charge is 2.15. The zero-order chi connectivity index (χ0) is 12.5. The van der Waals surface area contributed by atoms with Crippen molar-refractivity contribution in [3.63, 3.8) is 0 Å². The van der Waals surface area contributed by atoms with Crippen molar-refractivity contribution in [3.05, 3.63) is 0 Å². The lowest BCUT2D eigenvalue weighted by atomic mass is 9.89. The molecule has 17 heavy (non-hydrogen) atoms. The molecule has 0 radical (unpaired) electrons. The zero-order valence-corrected chi connectivity index (χ0v) is 12.2. The summed E-state index contributed by atoms with van der Waals surface area (Å²) in [4.78, 5) is 2.54. The van der Waals surface area contributed by atoms with Crippen LogP contribution in [0.5, 0.6) is 0 Å². The molecule has 0 aliphatic heterocycles. The third-order valence-corrected chi connectivity index (χ3v) is 3.98. The molecular weight excluding hydrogens is 208 g/mol. The van der Waals surface area contributed by atoms with Crippen LogP contribution < -0.4 is 5.32 Å². The highest BCUT2D eigenvalue weighted by Crippen LogP contribution is 2.24. The Kier molecular flexibility index (Phi) is 7.87. The lowest BCUT2D eigenvalue weighted by Gasteiger charge is -2.27. The maximum Gasteiger partial charge on any atom is 0.00508 e. The summed E-state index contributed by atoms with van der Waals surface area (Å²) < 4.78 is 0. The van der Waals surface area contributed by atoms with Gasteiger partial charge in [-0.15, -0.1) is 0 Å². The van der Waals surface area contributed by atoms with Crippen LogP contribution in [-0.2, 0) is 0 Å². The van der Waals surface area contributed by atoms with Gasteiger partial charge in [-0.2, -0.15) is 0 Å². The van der Waals surface area contributed by atoms with E-state index in [4.69, 9.17) is 0 Å². The van der Waals surface area contributed by atoms with E-state index >= 15 is 0 Å². The summed E-state index contributed by atoms with van der Waals surface area (Å²) in [5.74, 6) is 0.979. The molecule has 0 amide bonds. The van der Waals surface area contributed by atoms with Gasteiger partial charge in [-0.25, -0.2) is 0 Å². The number of nitrogens with one attached hydrogen (secondary N) is 1. The predicted molar refractivity (Wildman–Crippen MR) is 76.4 cm³/mol. The van der Waals surface area contributed by atoms with Crippen molar-refractivity contribution < 1.29 is 0 Å². The van der Waals surface area contributed by atoms with E-state index in [1.807, 2.05) is 0 Å². The molecule has 1 aliphatic carbocycles. The molecule has 1 atom stereocenters. The molecule has 1 aliphatic rings. The van der Waals surface area contributed by atoms with E-state index in [2.05, 4.69) is 31.1 Å². The van der Waals surface area contributed by atoms with Crippen LogP contribution in [0.1, 0.15) is 58.8 Å². The molecule has 0 aromatic heterocycles. The minimum atomic E-state index is 0.670. The predicted octanol–water partition coefficient (Wildman–Crippen LogP) is 3.28. The van der Waals surface area contributed by atoms with Gasteiger partial charge in [-0.3, -0.25) is 0 Å². The van der Waals surface area contributed by atoms with Gasteiger partial charge in [0.2, 0.25) is 0 Å². The molecule has 0 aromatic carbocycles. The molecule has 0 bridgehead atoms. The van der Waals surface area contributed by atoms with Crippen LogP contribution in [0, 0.1) is 5.92 Å². The van der Waals surface area contributed by atoms with Crippen LogP contribution >= 0.6 is 0 Å². The Hall–Kier alpha value is -0.0800. The SMILES string of the molecule is CCCNC(C)CCN(C)CC1CCCCC1. The van der Waals surface area contributed by atoms with E-state index in [0.717, 1.165) is 12.5 Å². The highest BCUT2D eigenvalue weighted by molar-refractivity contribution is 4.70. The summed E-state index contributed by atoms with van der Waals surface area (Å²) >= 11 is 0. The molecule has 1 saturated carbocycles. The maximum atomic E-state index is 3.56. The topological polar surface area (TPSA) is 15.3 Å². The van der Waals surface area contributed by atoms with Gasteiger partial charge >= 0.3 is 0 Å². The van der Waals surface area contributed by atoms with Crippen LogP contribution in [0.2, 0.25) is 0 Å². The fourth-order valence-corrected chi connectivity index (χ4v) is 2.81. The molecule has 2 heteroatoms. The molecule has 1 rings (SSSR count). The average Bonchev–Trinajstić information content (AvgIpc) is 2.35. The molecule has 1 N–H and O–H groups in total. The second-order valence-corrected chi connectivity index (χ2v) is 5.91. The summed E-state index contributed by atoms with van der Waals surface area (Å²) in [5, 5.41) is 3.56. The van der Waals surface area contributed by atoms with Crippen LogP contribution in [0.25, 0.3) is 0 Å². The second kappa shape index (κ2) is 8.93. The lowest BCUT2D eigenvalue weighted by Crippen LogP contribution is -2.33. The van der Waals surface area contributed by atoms with Crippen molar-refractivity contribution in [2.75, 3.05) is 26.7 Å². The van der Waals surface area contributed by atoms with Crippen LogP contribution in [0.15, 0.2) is 0 Å². The third-order valence-electron chi connectivity index (χ3n) is 3.98. The van der Waals surface area contributed by atoms with Gasteiger partial charge in [0.25, 0.3) is 0 Å². The van der Waals surface area contributed by atoms with E-state index < -0.39 is 0 Å². The number of rotatable bonds is 8. The number of hydrogen-bond donors (Lipinski definition) is 1. The Balaban J connectivity index is 2.05. The Morgan fingerprint density at radius 1 is 1.24 bits per heavy atom. The fourth-order valence-electron chi connectivity index (χ4n) is 2.81. The molecule has 0 aromatic rings. The molecule has 1 fully saturated rings. The minimum absolute atomic E-state index is 0.670. The smallest absolute Gasteiger partial charge is 0.00508 e. The number of hydrogen-bond acceptors (Lipinski definition) is 2. The molecule has 102 valence electrons. The number of nitrogens with zero attached hydrogens (tertiary/aromatic N) is 1. The van der Waals surface area contributed by atoms with Gasteiger partial charge in [0, 0.05) is 12.6 Å². The standard InChI is InChI=1S/C15H32N2/c1-4-11-16-14(2)10-12-17(3)13-15-8-6-5-7-9-15/h14-16H,4-13H2,1-3H3. The summed E-state index contributed by atoms with van der Waals surface area (Å²) in [5.41, 5.74) is 0. The Labute approximate surface area is 108 Å². The highest BCUT2D eigenvalue weighted by atomic mass is 15.1. The third kappa shape index (κ3) is 7.05. The Morgan fingerprint density at radius 3 is 2.59 bits per heavy atom. The van der Waals surface area contributed by atoms with Gasteiger partial charge < -0.3 is 10.2 Å². The van der Waals surface area contributed by atoms with Crippen molar-refractivity contribution in [2.24, 2.45) is 5.92 Å². The Bertz CT molecular complexity index is 176.